The van der Waals surface area contributed by atoms with Gasteiger partial charge in [0.05, 0.1) is 11.3 Å². The van der Waals surface area contributed by atoms with E-state index in [1.807, 2.05) is 45.0 Å². The summed E-state index contributed by atoms with van der Waals surface area (Å²) in [5, 5.41) is 3.35. The number of aromatic nitrogens is 3. The van der Waals surface area contributed by atoms with Gasteiger partial charge < -0.3 is 10.2 Å². The molecule has 7 heteroatoms. The molecule has 0 spiro atoms. The Labute approximate surface area is 194 Å². The standard InChI is InChI=1S/C26H30FN5O/c1-16-15-32(12-11-20(16)14-28-26-30-18(3)13-19(4)31-26)25(33)24-21(8-6-9-22(24)27)23-10-5-7-17(2)29-23/h5-10,13,16,20H,11-12,14-15H2,1-4H3,(H,28,30,31)/t16-,20-/m0/s1. The lowest BCUT2D eigenvalue weighted by atomic mass is 9.86. The van der Waals surface area contributed by atoms with E-state index in [9.17, 15) is 9.18 Å². The van der Waals surface area contributed by atoms with Gasteiger partial charge in [-0.05, 0) is 63.3 Å². The summed E-state index contributed by atoms with van der Waals surface area (Å²) >= 11 is 0. The Morgan fingerprint density at radius 3 is 2.48 bits per heavy atom. The van der Waals surface area contributed by atoms with Crippen molar-refractivity contribution >= 4 is 11.9 Å². The van der Waals surface area contributed by atoms with Crippen LogP contribution in [0.5, 0.6) is 0 Å². The number of piperidine rings is 1. The van der Waals surface area contributed by atoms with Crippen LogP contribution in [0.1, 0.15) is 40.8 Å². The highest BCUT2D eigenvalue weighted by Crippen LogP contribution is 2.29. The van der Waals surface area contributed by atoms with Crippen molar-refractivity contribution in [3.63, 3.8) is 0 Å². The molecule has 1 aliphatic heterocycles. The van der Waals surface area contributed by atoms with Gasteiger partial charge in [-0.15, -0.1) is 0 Å². The van der Waals surface area contributed by atoms with Crippen LogP contribution in [0.2, 0.25) is 0 Å². The summed E-state index contributed by atoms with van der Waals surface area (Å²) in [5.74, 6) is 0.483. The number of amides is 1. The molecule has 6 nitrogen and oxygen atoms in total. The lowest BCUT2D eigenvalue weighted by Crippen LogP contribution is -2.45. The van der Waals surface area contributed by atoms with Gasteiger partial charge in [0.1, 0.15) is 5.82 Å². The average Bonchev–Trinajstić information content (AvgIpc) is 2.77. The van der Waals surface area contributed by atoms with Crippen molar-refractivity contribution in [2.75, 3.05) is 25.0 Å². The highest BCUT2D eigenvalue weighted by Gasteiger charge is 2.31. The van der Waals surface area contributed by atoms with Crippen LogP contribution in [0.4, 0.5) is 10.3 Å². The van der Waals surface area contributed by atoms with Crippen LogP contribution >= 0.6 is 0 Å². The fraction of sp³-hybridized carbons (Fsp3) is 0.385. The van der Waals surface area contributed by atoms with Crippen molar-refractivity contribution in [2.45, 2.75) is 34.1 Å². The molecule has 1 amide bonds. The van der Waals surface area contributed by atoms with E-state index in [1.165, 1.54) is 6.07 Å². The second-order valence-corrected chi connectivity index (χ2v) is 8.96. The molecule has 3 heterocycles. The van der Waals surface area contributed by atoms with E-state index >= 15 is 0 Å². The summed E-state index contributed by atoms with van der Waals surface area (Å²) in [7, 11) is 0. The normalized spacial score (nSPS) is 18.3. The summed E-state index contributed by atoms with van der Waals surface area (Å²) in [6.45, 7) is 9.83. The number of hydrogen-bond acceptors (Lipinski definition) is 5. The zero-order valence-electron chi connectivity index (χ0n) is 19.6. The summed E-state index contributed by atoms with van der Waals surface area (Å²) in [4.78, 5) is 28.6. The predicted molar refractivity (Wildman–Crippen MR) is 128 cm³/mol. The number of pyridine rings is 1. The molecule has 2 aromatic heterocycles. The van der Waals surface area contributed by atoms with E-state index < -0.39 is 5.82 Å². The molecule has 1 saturated heterocycles. The number of likely N-dealkylation sites (tertiary alicyclic amines) is 1. The highest BCUT2D eigenvalue weighted by molar-refractivity contribution is 6.00. The molecule has 172 valence electrons. The maximum atomic E-state index is 14.9. The molecule has 33 heavy (non-hydrogen) atoms. The van der Waals surface area contributed by atoms with Gasteiger partial charge in [0.2, 0.25) is 5.95 Å². The second-order valence-electron chi connectivity index (χ2n) is 8.96. The third-order valence-corrected chi connectivity index (χ3v) is 6.27. The third kappa shape index (κ3) is 5.18. The smallest absolute Gasteiger partial charge is 0.257 e. The third-order valence-electron chi connectivity index (χ3n) is 6.27. The number of benzene rings is 1. The molecule has 2 atom stereocenters. The van der Waals surface area contributed by atoms with Crippen molar-refractivity contribution in [1.82, 2.24) is 19.9 Å². The zero-order chi connectivity index (χ0) is 23.5. The van der Waals surface area contributed by atoms with E-state index in [0.29, 0.717) is 36.2 Å². The first-order valence-corrected chi connectivity index (χ1v) is 11.4. The van der Waals surface area contributed by atoms with Gasteiger partial charge >= 0.3 is 0 Å². The Balaban J connectivity index is 1.47. The first kappa shape index (κ1) is 22.8. The van der Waals surface area contributed by atoms with Crippen LogP contribution in [0, 0.1) is 38.4 Å². The van der Waals surface area contributed by atoms with Crippen LogP contribution in [0.25, 0.3) is 11.3 Å². The quantitative estimate of drug-likeness (QED) is 0.608. The Morgan fingerprint density at radius 1 is 1.06 bits per heavy atom. The van der Waals surface area contributed by atoms with E-state index in [2.05, 4.69) is 27.2 Å². The van der Waals surface area contributed by atoms with Crippen LogP contribution in [-0.2, 0) is 0 Å². The number of rotatable bonds is 5. The number of anilines is 1. The largest absolute Gasteiger partial charge is 0.354 e. The average molecular weight is 448 g/mol. The number of nitrogens with zero attached hydrogens (tertiary/aromatic N) is 4. The summed E-state index contributed by atoms with van der Waals surface area (Å²) in [6, 6.07) is 12.2. The van der Waals surface area contributed by atoms with Crippen molar-refractivity contribution in [1.29, 1.82) is 0 Å². The molecule has 0 radical (unpaired) electrons. The van der Waals surface area contributed by atoms with E-state index in [0.717, 1.165) is 30.0 Å². The van der Waals surface area contributed by atoms with Crippen LogP contribution in [-0.4, -0.2) is 45.4 Å². The molecule has 0 unspecified atom stereocenters. The number of hydrogen-bond donors (Lipinski definition) is 1. The Hall–Kier alpha value is -3.35. The predicted octanol–water partition coefficient (Wildman–Crippen LogP) is 4.81. The van der Waals surface area contributed by atoms with Gasteiger partial charge in [0, 0.05) is 42.3 Å². The molecule has 1 aliphatic rings. The minimum absolute atomic E-state index is 0.100. The summed E-state index contributed by atoms with van der Waals surface area (Å²) < 4.78 is 14.9. The minimum Gasteiger partial charge on any atom is -0.354 e. The molecule has 0 bridgehead atoms. The fourth-order valence-electron chi connectivity index (χ4n) is 4.52. The minimum atomic E-state index is -0.510. The molecule has 4 rings (SSSR count). The van der Waals surface area contributed by atoms with Gasteiger partial charge in [0.25, 0.3) is 5.91 Å². The number of aryl methyl sites for hydroxylation is 3. The SMILES string of the molecule is Cc1cccc(-c2cccc(F)c2C(=O)N2CC[C@@H](CNc3nc(C)cc(C)n3)[C@@H](C)C2)n1. The Kier molecular flexibility index (Phi) is 6.67. The number of carbonyl (C=O) groups excluding carboxylic acids is 1. The zero-order valence-corrected chi connectivity index (χ0v) is 19.6. The van der Waals surface area contributed by atoms with Gasteiger partial charge in [-0.1, -0.05) is 25.1 Å². The topological polar surface area (TPSA) is 71.0 Å². The lowest BCUT2D eigenvalue weighted by Gasteiger charge is -2.37. The monoisotopic (exact) mass is 447 g/mol. The molecule has 3 aromatic rings. The van der Waals surface area contributed by atoms with Crippen molar-refractivity contribution in [3.8, 4) is 11.3 Å². The van der Waals surface area contributed by atoms with Gasteiger partial charge in [-0.3, -0.25) is 9.78 Å². The maximum absolute atomic E-state index is 14.9. The Morgan fingerprint density at radius 2 is 1.79 bits per heavy atom. The molecule has 0 aliphatic carbocycles. The van der Waals surface area contributed by atoms with Crippen molar-refractivity contribution < 1.29 is 9.18 Å². The van der Waals surface area contributed by atoms with Crippen LogP contribution in [0.15, 0.2) is 42.5 Å². The van der Waals surface area contributed by atoms with Gasteiger partial charge in [0.15, 0.2) is 0 Å². The molecule has 1 aromatic carbocycles. The molecule has 0 saturated carbocycles. The Bertz CT molecular complexity index is 1140. The highest BCUT2D eigenvalue weighted by atomic mass is 19.1. The fourth-order valence-corrected chi connectivity index (χ4v) is 4.52. The maximum Gasteiger partial charge on any atom is 0.257 e. The second kappa shape index (κ2) is 9.65. The van der Waals surface area contributed by atoms with Crippen LogP contribution < -0.4 is 5.32 Å². The molecular weight excluding hydrogens is 417 g/mol. The van der Waals surface area contributed by atoms with Crippen LogP contribution in [0.3, 0.4) is 0 Å². The summed E-state index contributed by atoms with van der Waals surface area (Å²) in [6.07, 6.45) is 0.831. The molecule has 1 N–H and O–H groups in total. The van der Waals surface area contributed by atoms with Crippen molar-refractivity contribution in [3.05, 3.63) is 70.9 Å². The number of halogens is 1. The van der Waals surface area contributed by atoms with E-state index in [-0.39, 0.29) is 17.4 Å². The van der Waals surface area contributed by atoms with Crippen molar-refractivity contribution in [2.24, 2.45) is 11.8 Å². The first-order valence-electron chi connectivity index (χ1n) is 11.4. The number of nitrogens with one attached hydrogen (secondary N) is 1. The van der Waals surface area contributed by atoms with Gasteiger partial charge in [-0.2, -0.15) is 0 Å². The van der Waals surface area contributed by atoms with E-state index in [1.54, 1.807) is 17.0 Å². The first-order chi connectivity index (χ1) is 15.8. The molecule has 1 fully saturated rings. The molecular formula is C26H30FN5O. The lowest BCUT2D eigenvalue weighted by molar-refractivity contribution is 0.0618. The summed E-state index contributed by atoms with van der Waals surface area (Å²) in [5.41, 5.74) is 3.93. The number of carbonyl (C=O) groups is 1. The van der Waals surface area contributed by atoms with E-state index in [4.69, 9.17) is 0 Å². The van der Waals surface area contributed by atoms with Gasteiger partial charge in [-0.25, -0.2) is 14.4 Å².